The van der Waals surface area contributed by atoms with Crippen LogP contribution in [0.3, 0.4) is 0 Å². The van der Waals surface area contributed by atoms with E-state index in [1.807, 2.05) is 27.7 Å². The predicted octanol–water partition coefficient (Wildman–Crippen LogP) is 4.29. The van der Waals surface area contributed by atoms with Crippen LogP contribution in [0.25, 0.3) is 11.4 Å². The summed E-state index contributed by atoms with van der Waals surface area (Å²) in [6, 6.07) is 7.12. The Labute approximate surface area is 165 Å². The molecule has 3 aromatic rings. The van der Waals surface area contributed by atoms with E-state index in [0.717, 1.165) is 10.6 Å². The molecule has 0 saturated carbocycles. The van der Waals surface area contributed by atoms with E-state index in [4.69, 9.17) is 9.26 Å². The van der Waals surface area contributed by atoms with Crippen molar-refractivity contribution >= 4 is 17.3 Å². The average molecular weight is 400 g/mol. The quantitative estimate of drug-likeness (QED) is 0.610. The molecule has 0 bridgehead atoms. The van der Waals surface area contributed by atoms with E-state index in [-0.39, 0.29) is 23.3 Å². The van der Waals surface area contributed by atoms with Crippen LogP contribution in [0.4, 0.5) is 0 Å². The Morgan fingerprint density at radius 1 is 1.25 bits per heavy atom. The van der Waals surface area contributed by atoms with Crippen LogP contribution in [-0.2, 0) is 11.2 Å². The Morgan fingerprint density at radius 2 is 1.96 bits per heavy atom. The minimum absolute atomic E-state index is 0.0667. The number of ether oxygens (including phenoxy) is 1. The molecule has 0 aliphatic carbocycles. The molecular weight excluding hydrogens is 380 g/mol. The summed E-state index contributed by atoms with van der Waals surface area (Å²) >= 11 is 1.36. The van der Waals surface area contributed by atoms with Gasteiger partial charge in [-0.15, -0.1) is 5.10 Å². The fourth-order valence-corrected chi connectivity index (χ4v) is 2.96. The molecule has 146 valence electrons. The third kappa shape index (κ3) is 5.23. The highest BCUT2D eigenvalue weighted by atomic mass is 32.1. The molecule has 2 aromatic heterocycles. The van der Waals surface area contributed by atoms with Gasteiger partial charge >= 0.3 is 5.97 Å². The van der Waals surface area contributed by atoms with Gasteiger partial charge in [-0.25, -0.2) is 4.79 Å². The summed E-state index contributed by atoms with van der Waals surface area (Å²) in [5.74, 6) is 0.249. The van der Waals surface area contributed by atoms with Crippen molar-refractivity contribution in [3.05, 3.63) is 46.8 Å². The zero-order chi connectivity index (χ0) is 20.3. The molecule has 3 rings (SSSR count). The zero-order valence-electron chi connectivity index (χ0n) is 16.0. The first-order valence-electron chi connectivity index (χ1n) is 8.55. The molecule has 0 saturated heterocycles. The van der Waals surface area contributed by atoms with Crippen LogP contribution in [-0.4, -0.2) is 31.4 Å². The number of hydrogen-bond acceptors (Lipinski definition) is 8. The topological polar surface area (TPSA) is 111 Å². The maximum Gasteiger partial charge on any atom is 0.331 e. The molecule has 0 spiro atoms. The summed E-state index contributed by atoms with van der Waals surface area (Å²) in [6.07, 6.45) is 1.76. The van der Waals surface area contributed by atoms with Gasteiger partial charge in [0.05, 0.1) is 6.42 Å². The molecule has 1 aromatic carbocycles. The van der Waals surface area contributed by atoms with Crippen molar-refractivity contribution in [2.45, 2.75) is 34.1 Å². The lowest BCUT2D eigenvalue weighted by molar-refractivity contribution is -0.132. The van der Waals surface area contributed by atoms with Crippen molar-refractivity contribution < 1.29 is 19.2 Å². The third-order valence-corrected chi connectivity index (χ3v) is 4.23. The number of carbonyl (C=O) groups is 1. The number of rotatable bonds is 6. The summed E-state index contributed by atoms with van der Waals surface area (Å²) in [5, 5.41) is 22.5. The van der Waals surface area contributed by atoms with E-state index in [0.29, 0.717) is 16.8 Å². The van der Waals surface area contributed by atoms with Gasteiger partial charge in [-0.1, -0.05) is 48.4 Å². The number of nitrogens with zero attached hydrogens (tertiary/aromatic N) is 4. The van der Waals surface area contributed by atoms with Crippen molar-refractivity contribution in [3.63, 3.8) is 0 Å². The minimum atomic E-state index is -0.997. The van der Waals surface area contributed by atoms with Crippen molar-refractivity contribution in [1.29, 1.82) is 0 Å². The SMILES string of the molecule is Cc1nnc(Oc2ccc(-c3noc(CC(=CC(C)(C)C)C(=O)O)n3)cc2)s1. The molecule has 2 heterocycles. The van der Waals surface area contributed by atoms with Gasteiger partial charge in [0.1, 0.15) is 10.8 Å². The molecule has 0 fully saturated rings. The van der Waals surface area contributed by atoms with Crippen molar-refractivity contribution in [1.82, 2.24) is 20.3 Å². The minimum Gasteiger partial charge on any atom is -0.478 e. The lowest BCUT2D eigenvalue weighted by atomic mass is 9.92. The normalized spacial score (nSPS) is 12.2. The van der Waals surface area contributed by atoms with Gasteiger partial charge in [0.2, 0.25) is 11.7 Å². The zero-order valence-corrected chi connectivity index (χ0v) is 16.8. The Balaban J connectivity index is 1.72. The maximum absolute atomic E-state index is 11.5. The molecule has 9 heteroatoms. The lowest BCUT2D eigenvalue weighted by Gasteiger charge is -2.13. The smallest absolute Gasteiger partial charge is 0.331 e. The third-order valence-electron chi connectivity index (χ3n) is 3.52. The summed E-state index contributed by atoms with van der Waals surface area (Å²) in [7, 11) is 0. The Kier molecular flexibility index (Phi) is 5.55. The molecule has 0 unspecified atom stereocenters. The average Bonchev–Trinajstić information content (AvgIpc) is 3.23. The molecule has 0 aliphatic heterocycles. The van der Waals surface area contributed by atoms with Crippen LogP contribution in [0.15, 0.2) is 40.4 Å². The second-order valence-electron chi connectivity index (χ2n) is 7.24. The highest BCUT2D eigenvalue weighted by Crippen LogP contribution is 2.27. The molecule has 8 nitrogen and oxygen atoms in total. The molecule has 0 atom stereocenters. The summed E-state index contributed by atoms with van der Waals surface area (Å²) in [4.78, 5) is 15.8. The number of aliphatic carboxylic acids is 1. The first kappa shape index (κ1) is 19.7. The fourth-order valence-electron chi connectivity index (χ4n) is 2.41. The van der Waals surface area contributed by atoms with Crippen LogP contribution in [0, 0.1) is 12.3 Å². The Bertz CT molecular complexity index is 1000. The molecule has 28 heavy (non-hydrogen) atoms. The number of hydrogen-bond donors (Lipinski definition) is 1. The summed E-state index contributed by atoms with van der Waals surface area (Å²) in [5.41, 5.74) is 0.684. The number of aromatic nitrogens is 4. The van der Waals surface area contributed by atoms with Crippen LogP contribution >= 0.6 is 11.3 Å². The second kappa shape index (κ2) is 7.89. The predicted molar refractivity (Wildman–Crippen MR) is 103 cm³/mol. The van der Waals surface area contributed by atoms with E-state index in [2.05, 4.69) is 20.3 Å². The molecule has 1 N–H and O–H groups in total. The first-order valence-corrected chi connectivity index (χ1v) is 9.37. The number of benzene rings is 1. The van der Waals surface area contributed by atoms with Gasteiger partial charge in [0, 0.05) is 11.1 Å². The monoisotopic (exact) mass is 400 g/mol. The van der Waals surface area contributed by atoms with Crippen LogP contribution < -0.4 is 4.74 Å². The van der Waals surface area contributed by atoms with Crippen molar-refractivity contribution in [2.75, 3.05) is 0 Å². The van der Waals surface area contributed by atoms with E-state index in [9.17, 15) is 9.90 Å². The summed E-state index contributed by atoms with van der Waals surface area (Å²) in [6.45, 7) is 7.65. The van der Waals surface area contributed by atoms with Crippen molar-refractivity contribution in [2.24, 2.45) is 5.41 Å². The van der Waals surface area contributed by atoms with Gasteiger partial charge in [0.15, 0.2) is 0 Å². The van der Waals surface area contributed by atoms with Crippen LogP contribution in [0.5, 0.6) is 10.9 Å². The van der Waals surface area contributed by atoms with Crippen LogP contribution in [0.2, 0.25) is 0 Å². The van der Waals surface area contributed by atoms with Gasteiger partial charge in [-0.05, 0) is 36.6 Å². The van der Waals surface area contributed by atoms with E-state index < -0.39 is 5.97 Å². The molecule has 0 aliphatic rings. The molecular formula is C19H20N4O4S. The number of allylic oxidation sites excluding steroid dienone is 1. The van der Waals surface area contributed by atoms with Gasteiger partial charge in [-0.3, -0.25) is 0 Å². The Hall–Kier alpha value is -3.07. The van der Waals surface area contributed by atoms with Crippen molar-refractivity contribution in [3.8, 4) is 22.3 Å². The number of aryl methyl sites for hydroxylation is 1. The standard InChI is InChI=1S/C19H20N4O4S/c1-11-21-22-18(28-11)26-14-7-5-12(6-8-14)16-20-15(27-23-16)9-13(17(24)25)10-19(2,3)4/h5-8,10H,9H2,1-4H3,(H,24,25). The molecule has 0 radical (unpaired) electrons. The fraction of sp³-hybridized carbons (Fsp3) is 0.316. The highest BCUT2D eigenvalue weighted by Gasteiger charge is 2.18. The van der Waals surface area contributed by atoms with E-state index in [1.165, 1.54) is 11.3 Å². The molecule has 0 amide bonds. The largest absolute Gasteiger partial charge is 0.478 e. The lowest BCUT2D eigenvalue weighted by Crippen LogP contribution is -2.10. The Morgan fingerprint density at radius 3 is 2.54 bits per heavy atom. The van der Waals surface area contributed by atoms with E-state index in [1.54, 1.807) is 30.3 Å². The van der Waals surface area contributed by atoms with Gasteiger partial charge in [-0.2, -0.15) is 4.98 Å². The number of carboxylic acids is 1. The van der Waals surface area contributed by atoms with Crippen LogP contribution in [0.1, 0.15) is 31.7 Å². The highest BCUT2D eigenvalue weighted by molar-refractivity contribution is 7.13. The second-order valence-corrected chi connectivity index (χ2v) is 8.39. The van der Waals surface area contributed by atoms with E-state index >= 15 is 0 Å². The summed E-state index contributed by atoms with van der Waals surface area (Å²) < 4.78 is 10.9. The number of carboxylic acid groups (broad SMARTS) is 1. The van der Waals surface area contributed by atoms with Gasteiger partial charge in [0.25, 0.3) is 5.19 Å². The first-order chi connectivity index (χ1) is 13.2. The maximum atomic E-state index is 11.5. The van der Waals surface area contributed by atoms with Gasteiger partial charge < -0.3 is 14.4 Å².